The summed E-state index contributed by atoms with van der Waals surface area (Å²) in [5.74, 6) is 0.742. The monoisotopic (exact) mass is 345 g/mol. The van der Waals surface area contributed by atoms with E-state index in [1.165, 1.54) is 43.6 Å². The van der Waals surface area contributed by atoms with Crippen molar-refractivity contribution >= 4 is 5.69 Å². The van der Waals surface area contributed by atoms with Crippen molar-refractivity contribution in [2.45, 2.75) is 32.7 Å². The quantitative estimate of drug-likeness (QED) is 0.640. The van der Waals surface area contributed by atoms with Crippen LogP contribution in [0.4, 0.5) is 5.69 Å². The Morgan fingerprint density at radius 1 is 1.00 bits per heavy atom. The van der Waals surface area contributed by atoms with Gasteiger partial charge in [-0.3, -0.25) is 4.90 Å². The zero-order valence-electron chi connectivity index (χ0n) is 16.1. The van der Waals surface area contributed by atoms with Crippen LogP contribution >= 0.6 is 0 Å². The first-order chi connectivity index (χ1) is 12.2. The van der Waals surface area contributed by atoms with Gasteiger partial charge in [-0.25, -0.2) is 0 Å². The van der Waals surface area contributed by atoms with Gasteiger partial charge in [-0.05, 0) is 31.2 Å². The Morgan fingerprint density at radius 2 is 1.72 bits per heavy atom. The number of rotatable bonds is 9. The van der Waals surface area contributed by atoms with Crippen molar-refractivity contribution in [1.29, 1.82) is 0 Å². The lowest BCUT2D eigenvalue weighted by atomic mass is 10.00. The second kappa shape index (κ2) is 9.56. The molecule has 0 aromatic heterocycles. The lowest BCUT2D eigenvalue weighted by Gasteiger charge is -2.39. The first-order valence-corrected chi connectivity index (χ1v) is 10.1. The number of benzene rings is 1. The largest absolute Gasteiger partial charge is 0.381 e. The van der Waals surface area contributed by atoms with Crippen LogP contribution in [0.25, 0.3) is 0 Å². The molecule has 0 aliphatic carbocycles. The predicted octanol–water partition coefficient (Wildman–Crippen LogP) is 3.08. The second-order valence-electron chi connectivity index (χ2n) is 7.80. The molecule has 140 valence electrons. The third-order valence-electron chi connectivity index (χ3n) is 5.49. The number of hydrogen-bond acceptors (Lipinski definition) is 4. The van der Waals surface area contributed by atoms with Gasteiger partial charge in [-0.15, -0.1) is 0 Å². The summed E-state index contributed by atoms with van der Waals surface area (Å²) in [6.07, 6.45) is 3.78. The number of likely N-dealkylation sites (tertiary alicyclic amines) is 1. The first kappa shape index (κ1) is 18.7. The smallest absolute Gasteiger partial charge is 0.0518 e. The molecule has 0 spiro atoms. The summed E-state index contributed by atoms with van der Waals surface area (Å²) in [6, 6.07) is 9.22. The number of anilines is 1. The molecule has 4 nitrogen and oxygen atoms in total. The lowest BCUT2D eigenvalue weighted by molar-refractivity contribution is 0.00962. The highest BCUT2D eigenvalue weighted by molar-refractivity contribution is 5.48. The van der Waals surface area contributed by atoms with Gasteiger partial charge in [0.1, 0.15) is 0 Å². The first-order valence-electron chi connectivity index (χ1n) is 10.1. The van der Waals surface area contributed by atoms with Crippen LogP contribution in [0, 0.1) is 5.92 Å². The van der Waals surface area contributed by atoms with Crippen molar-refractivity contribution in [3.8, 4) is 0 Å². The van der Waals surface area contributed by atoms with Crippen LogP contribution in [0.5, 0.6) is 0 Å². The summed E-state index contributed by atoms with van der Waals surface area (Å²) in [7, 11) is 2.21. The number of likely N-dealkylation sites (N-methyl/N-ethyl adjacent to an activating group) is 1. The fourth-order valence-electron chi connectivity index (χ4n) is 3.75. The molecule has 25 heavy (non-hydrogen) atoms. The number of hydrogen-bond donors (Lipinski definition) is 0. The molecule has 4 heteroatoms. The third-order valence-corrected chi connectivity index (χ3v) is 5.49. The molecule has 1 aromatic carbocycles. The molecular formula is C21H35N3O. The van der Waals surface area contributed by atoms with Crippen molar-refractivity contribution < 1.29 is 4.74 Å². The minimum atomic E-state index is 0.742. The van der Waals surface area contributed by atoms with Gasteiger partial charge in [0.05, 0.1) is 6.61 Å². The zero-order valence-corrected chi connectivity index (χ0v) is 16.1. The molecule has 3 rings (SSSR count). The van der Waals surface area contributed by atoms with Crippen LogP contribution in [0.1, 0.15) is 31.7 Å². The Morgan fingerprint density at radius 3 is 2.40 bits per heavy atom. The lowest BCUT2D eigenvalue weighted by Crippen LogP contribution is -2.48. The second-order valence-corrected chi connectivity index (χ2v) is 7.80. The molecule has 0 N–H and O–H groups in total. The molecule has 0 unspecified atom stereocenters. The topological polar surface area (TPSA) is 19.0 Å². The van der Waals surface area contributed by atoms with Gasteiger partial charge in [0.15, 0.2) is 0 Å². The van der Waals surface area contributed by atoms with Gasteiger partial charge in [-0.1, -0.05) is 31.9 Å². The van der Waals surface area contributed by atoms with Gasteiger partial charge in [-0.2, -0.15) is 0 Å². The van der Waals surface area contributed by atoms with Gasteiger partial charge in [0.2, 0.25) is 0 Å². The van der Waals surface area contributed by atoms with Crippen LogP contribution in [0.15, 0.2) is 24.3 Å². The molecule has 2 heterocycles. The van der Waals surface area contributed by atoms with Crippen molar-refractivity contribution in [1.82, 2.24) is 9.80 Å². The van der Waals surface area contributed by atoms with E-state index >= 15 is 0 Å². The average molecular weight is 346 g/mol. The number of nitrogens with zero attached hydrogens (tertiary/aromatic N) is 3. The van der Waals surface area contributed by atoms with Crippen LogP contribution in [0.3, 0.4) is 0 Å². The van der Waals surface area contributed by atoms with Crippen molar-refractivity contribution in [2.75, 3.05) is 64.4 Å². The highest BCUT2D eigenvalue weighted by atomic mass is 16.5. The predicted molar refractivity (Wildman–Crippen MR) is 105 cm³/mol. The Bertz CT molecular complexity index is 490. The molecule has 2 saturated heterocycles. The minimum absolute atomic E-state index is 0.742. The molecular weight excluding hydrogens is 310 g/mol. The fraction of sp³-hybridized carbons (Fsp3) is 0.714. The van der Waals surface area contributed by atoms with Crippen molar-refractivity contribution in [2.24, 2.45) is 5.92 Å². The molecule has 0 radical (unpaired) electrons. The van der Waals surface area contributed by atoms with E-state index in [9.17, 15) is 0 Å². The Kier molecular flexibility index (Phi) is 7.14. The van der Waals surface area contributed by atoms with Gasteiger partial charge in [0.25, 0.3) is 0 Å². The summed E-state index contributed by atoms with van der Waals surface area (Å²) in [6.45, 7) is 12.2. The molecule has 1 aromatic rings. The van der Waals surface area contributed by atoms with E-state index in [0.717, 1.165) is 51.9 Å². The van der Waals surface area contributed by atoms with Gasteiger partial charge in [0, 0.05) is 64.0 Å². The summed E-state index contributed by atoms with van der Waals surface area (Å²) < 4.78 is 5.79. The van der Waals surface area contributed by atoms with E-state index in [1.54, 1.807) is 0 Å². The number of ether oxygens (including phenoxy) is 1. The standard InChI is InChI=1S/C21H35N3O/c1-3-4-5-14-25-18-20-16-23(17-20)15-19-6-8-21(9-7-19)24-12-10-22(2)11-13-24/h6-9,20H,3-5,10-18H2,1-2H3. The Balaban J connectivity index is 1.33. The van der Waals surface area contributed by atoms with Gasteiger partial charge >= 0.3 is 0 Å². The van der Waals surface area contributed by atoms with E-state index in [-0.39, 0.29) is 0 Å². The van der Waals surface area contributed by atoms with Crippen LogP contribution in [-0.4, -0.2) is 69.3 Å². The maximum atomic E-state index is 5.79. The fourth-order valence-corrected chi connectivity index (χ4v) is 3.75. The van der Waals surface area contributed by atoms with E-state index in [4.69, 9.17) is 4.74 Å². The minimum Gasteiger partial charge on any atom is -0.381 e. The summed E-state index contributed by atoms with van der Waals surface area (Å²) in [5, 5.41) is 0. The highest BCUT2D eigenvalue weighted by Crippen LogP contribution is 2.22. The summed E-state index contributed by atoms with van der Waals surface area (Å²) in [4.78, 5) is 7.43. The average Bonchev–Trinajstić information content (AvgIpc) is 2.60. The Hall–Kier alpha value is -1.10. The van der Waals surface area contributed by atoms with E-state index in [2.05, 4.69) is 52.9 Å². The van der Waals surface area contributed by atoms with E-state index in [1.807, 2.05) is 0 Å². The number of piperazine rings is 1. The zero-order chi connectivity index (χ0) is 17.5. The van der Waals surface area contributed by atoms with Crippen molar-refractivity contribution in [3.05, 3.63) is 29.8 Å². The maximum absolute atomic E-state index is 5.79. The molecule has 2 aliphatic rings. The van der Waals surface area contributed by atoms with Gasteiger partial charge < -0.3 is 14.5 Å². The van der Waals surface area contributed by atoms with Crippen LogP contribution in [0.2, 0.25) is 0 Å². The highest BCUT2D eigenvalue weighted by Gasteiger charge is 2.26. The van der Waals surface area contributed by atoms with Crippen LogP contribution < -0.4 is 4.90 Å². The maximum Gasteiger partial charge on any atom is 0.0518 e. The third kappa shape index (κ3) is 5.70. The van der Waals surface area contributed by atoms with Crippen molar-refractivity contribution in [3.63, 3.8) is 0 Å². The van der Waals surface area contributed by atoms with E-state index < -0.39 is 0 Å². The molecule has 2 aliphatic heterocycles. The normalized spacial score (nSPS) is 20.0. The molecule has 0 amide bonds. The Labute approximate surface area is 153 Å². The van der Waals surface area contributed by atoms with Crippen LogP contribution in [-0.2, 0) is 11.3 Å². The molecule has 0 atom stereocenters. The number of unbranched alkanes of at least 4 members (excludes halogenated alkanes) is 2. The summed E-state index contributed by atoms with van der Waals surface area (Å²) >= 11 is 0. The summed E-state index contributed by atoms with van der Waals surface area (Å²) in [5.41, 5.74) is 2.80. The molecule has 0 saturated carbocycles. The van der Waals surface area contributed by atoms with E-state index in [0.29, 0.717) is 0 Å². The molecule has 0 bridgehead atoms. The molecule has 2 fully saturated rings. The SMILES string of the molecule is CCCCCOCC1CN(Cc2ccc(N3CCN(C)CC3)cc2)C1.